The summed E-state index contributed by atoms with van der Waals surface area (Å²) in [5, 5.41) is 10.2. The number of phenols is 1. The molecule has 0 saturated heterocycles. The Labute approximate surface area is 309 Å². The number of allylic oxidation sites excluding steroid dienone is 12. The zero-order chi connectivity index (χ0) is 32.7. The van der Waals surface area contributed by atoms with Crippen LogP contribution in [0.25, 0.3) is 22.3 Å². The van der Waals surface area contributed by atoms with Crippen LogP contribution >= 0.6 is 0 Å². The molecule has 0 radical (unpaired) electrons. The van der Waals surface area contributed by atoms with Gasteiger partial charge in [0.25, 0.3) is 0 Å². The molecule has 0 aromatic heterocycles. The monoisotopic (exact) mass is 654 g/mol. The molecule has 0 fully saturated rings. The van der Waals surface area contributed by atoms with Crippen LogP contribution in [0, 0.1) is 0 Å². The second kappa shape index (κ2) is 13.2. The number of hydrogen-bond donors (Lipinski definition) is 1. The Kier molecular flexibility index (Phi) is 8.24. The zero-order valence-corrected chi connectivity index (χ0v) is 28.4. The molecular weight excluding hydrogens is 625 g/mol. The molecule has 4 aromatic carbocycles. The van der Waals surface area contributed by atoms with Crippen molar-refractivity contribution in [3.8, 4) is 5.75 Å². The van der Waals surface area contributed by atoms with E-state index in [4.69, 9.17) is 20.0 Å². The first-order valence-electron chi connectivity index (χ1n) is 16.2. The predicted molar refractivity (Wildman–Crippen MR) is 209 cm³/mol. The van der Waals surface area contributed by atoms with Crippen molar-refractivity contribution >= 4 is 68.2 Å². The second-order valence-corrected chi connectivity index (χ2v) is 12.0. The molecule has 5 aliphatic rings. The average molecular weight is 655 g/mol. The number of phenolic OH excluding ortho intramolecular Hbond substituents is 1. The van der Waals surface area contributed by atoms with E-state index in [9.17, 15) is 5.11 Å². The number of nitrogens with zero attached hydrogens (tertiary/aromatic N) is 4. The first-order valence-corrected chi connectivity index (χ1v) is 16.2. The third-order valence-electron chi connectivity index (χ3n) is 8.95. The molecule has 234 valence electrons. The zero-order valence-electron chi connectivity index (χ0n) is 29.0. The van der Waals surface area contributed by atoms with E-state index in [1.54, 1.807) is 12.1 Å². The van der Waals surface area contributed by atoms with Gasteiger partial charge in [0.2, 0.25) is 0 Å². The fourth-order valence-electron chi connectivity index (χ4n) is 6.71. The molecule has 0 atom stereocenters. The van der Waals surface area contributed by atoms with E-state index in [1.807, 2.05) is 78.9 Å². The minimum atomic E-state index is 0. The molecule has 0 saturated carbocycles. The van der Waals surface area contributed by atoms with Crippen LogP contribution < -0.4 is 0 Å². The van der Waals surface area contributed by atoms with Crippen LogP contribution in [0.2, 0.25) is 0 Å². The predicted octanol–water partition coefficient (Wildman–Crippen LogP) is 9.24. The van der Waals surface area contributed by atoms with Crippen molar-refractivity contribution < 1.29 is 7.96 Å². The maximum atomic E-state index is 10.2. The van der Waals surface area contributed by atoms with Gasteiger partial charge in [0.05, 0.1) is 45.6 Å². The largest absolute Gasteiger partial charge is 2.00 e. The standard InChI is InChI=1S/C44H28N4O.Mg.2H/c49-32-18-16-31(17-19-32)44-39-26-24-37(47-39)42(29-12-6-2-7-13-29)35-22-20-33(45-35)41(28-10-4-1-5-11-28)34-21-23-36(46-34)43(30-14-8-3-9-15-30)38-25-27-40(44)48-38;;;/h1-27,49H;;;/q;+2;2*-1. The number of rotatable bonds is 4. The number of aliphatic imine (C=N–C) groups is 4. The van der Waals surface area contributed by atoms with Gasteiger partial charge in [-0.1, -0.05) is 103 Å². The van der Waals surface area contributed by atoms with Crippen LogP contribution in [0.15, 0.2) is 207 Å². The SMILES string of the molecule is Oc1ccc(C2=C3C=CC(=N3)C(c3ccccc3)=C3C=CC(=N3)C(c3ccccc3)=C3C=CC(=N3)C(c3ccccc3)=C3C=CC2=N3)cc1.[H-].[H-].[Mg+2]. The first kappa shape index (κ1) is 31.3. The normalized spacial score (nSPS) is 17.4. The Morgan fingerprint density at radius 3 is 0.860 bits per heavy atom. The van der Waals surface area contributed by atoms with Gasteiger partial charge in [-0.05, 0) is 83.0 Å². The van der Waals surface area contributed by atoms with E-state index in [0.29, 0.717) is 0 Å². The molecule has 0 unspecified atom stereocenters. The van der Waals surface area contributed by atoms with Crippen molar-refractivity contribution in [1.82, 2.24) is 0 Å². The molecule has 6 heteroatoms. The van der Waals surface area contributed by atoms with Crippen molar-refractivity contribution in [3.63, 3.8) is 0 Å². The molecule has 9 rings (SSSR count). The molecule has 0 aliphatic carbocycles. The van der Waals surface area contributed by atoms with Gasteiger partial charge in [-0.2, -0.15) is 0 Å². The van der Waals surface area contributed by atoms with Gasteiger partial charge in [0.1, 0.15) is 5.75 Å². The summed E-state index contributed by atoms with van der Waals surface area (Å²) in [6.45, 7) is 0. The van der Waals surface area contributed by atoms with Gasteiger partial charge in [0, 0.05) is 22.3 Å². The second-order valence-electron chi connectivity index (χ2n) is 12.0. The van der Waals surface area contributed by atoms with Gasteiger partial charge in [-0.15, -0.1) is 0 Å². The fourth-order valence-corrected chi connectivity index (χ4v) is 6.71. The van der Waals surface area contributed by atoms with Crippen molar-refractivity contribution in [2.45, 2.75) is 0 Å². The molecule has 0 amide bonds. The topological polar surface area (TPSA) is 69.7 Å². The molecular formula is C44H30MgN4O. The third-order valence-corrected chi connectivity index (χ3v) is 8.95. The maximum Gasteiger partial charge on any atom is 2.00 e. The van der Waals surface area contributed by atoms with Gasteiger partial charge in [-0.25, -0.2) is 20.0 Å². The van der Waals surface area contributed by atoms with E-state index in [1.165, 1.54) is 0 Å². The van der Waals surface area contributed by atoms with Crippen molar-refractivity contribution in [2.24, 2.45) is 20.0 Å². The van der Waals surface area contributed by atoms with Gasteiger partial charge >= 0.3 is 23.1 Å². The molecule has 5 heterocycles. The van der Waals surface area contributed by atoms with E-state index in [-0.39, 0.29) is 31.7 Å². The summed E-state index contributed by atoms with van der Waals surface area (Å²) in [6, 6.07) is 38.1. The molecule has 50 heavy (non-hydrogen) atoms. The number of hydrogen-bond acceptors (Lipinski definition) is 5. The Morgan fingerprint density at radius 2 is 0.580 bits per heavy atom. The van der Waals surface area contributed by atoms with Gasteiger partial charge in [-0.3, -0.25) is 0 Å². The summed E-state index contributed by atoms with van der Waals surface area (Å²) in [6.07, 6.45) is 16.5. The smallest absolute Gasteiger partial charge is 1.00 e. The van der Waals surface area contributed by atoms with E-state index in [2.05, 4.69) is 72.9 Å². The molecule has 4 aromatic rings. The first-order chi connectivity index (χ1) is 24.2. The van der Waals surface area contributed by atoms with Crippen LogP contribution in [0.4, 0.5) is 0 Å². The van der Waals surface area contributed by atoms with E-state index in [0.717, 1.165) is 90.2 Å². The third kappa shape index (κ3) is 5.64. The number of benzene rings is 4. The number of fused-ring (bicyclic) bond motifs is 4. The summed E-state index contributed by atoms with van der Waals surface area (Å²) in [7, 11) is 0. The quantitative estimate of drug-likeness (QED) is 0.219. The van der Waals surface area contributed by atoms with E-state index < -0.39 is 0 Å². The molecule has 8 bridgehead atoms. The van der Waals surface area contributed by atoms with Crippen molar-refractivity contribution in [3.05, 3.63) is 209 Å². The van der Waals surface area contributed by atoms with Crippen LogP contribution in [-0.4, -0.2) is 51.0 Å². The minimum absolute atomic E-state index is 0. The van der Waals surface area contributed by atoms with E-state index >= 15 is 0 Å². The molecule has 5 aliphatic heterocycles. The van der Waals surface area contributed by atoms with Gasteiger partial charge < -0.3 is 7.96 Å². The Bertz CT molecular complexity index is 2410. The minimum Gasteiger partial charge on any atom is -1.00 e. The van der Waals surface area contributed by atoms with Gasteiger partial charge in [0.15, 0.2) is 0 Å². The van der Waals surface area contributed by atoms with Crippen molar-refractivity contribution in [1.29, 1.82) is 0 Å². The van der Waals surface area contributed by atoms with Crippen LogP contribution in [0.3, 0.4) is 0 Å². The summed E-state index contributed by atoms with van der Waals surface area (Å²) >= 11 is 0. The average Bonchev–Trinajstić information content (AvgIpc) is 3.98. The maximum absolute atomic E-state index is 10.2. The summed E-state index contributed by atoms with van der Waals surface area (Å²) in [4.78, 5) is 21.1. The number of aromatic hydroxyl groups is 1. The Morgan fingerprint density at radius 1 is 0.320 bits per heavy atom. The van der Waals surface area contributed by atoms with Crippen LogP contribution in [-0.2, 0) is 0 Å². The van der Waals surface area contributed by atoms with Crippen LogP contribution in [0.5, 0.6) is 5.75 Å². The molecule has 5 nitrogen and oxygen atoms in total. The summed E-state index contributed by atoms with van der Waals surface area (Å²) < 4.78 is 0. The van der Waals surface area contributed by atoms with Crippen molar-refractivity contribution in [2.75, 3.05) is 0 Å². The molecule has 1 N–H and O–H groups in total. The Hall–Kier alpha value is -5.95. The summed E-state index contributed by atoms with van der Waals surface area (Å²) in [5.74, 6) is 0.201. The van der Waals surface area contributed by atoms with Crippen LogP contribution in [0.1, 0.15) is 25.1 Å². The Balaban J connectivity index is 0.00000155. The summed E-state index contributed by atoms with van der Waals surface area (Å²) in [5.41, 5.74) is 14.2. The fraction of sp³-hybridized carbons (Fsp3) is 0. The molecule has 0 spiro atoms.